The average Bonchev–Trinajstić information content (AvgIpc) is 2.78. The van der Waals surface area contributed by atoms with Crippen molar-refractivity contribution in [1.29, 1.82) is 0 Å². The van der Waals surface area contributed by atoms with E-state index < -0.39 is 0 Å². The molecule has 0 aliphatic carbocycles. The number of halogens is 1. The largest absolute Gasteiger partial charge is 0.342 e. The number of hydrogen-bond acceptors (Lipinski definition) is 3. The van der Waals surface area contributed by atoms with Gasteiger partial charge in [0.1, 0.15) is 17.9 Å². The zero-order valence-corrected chi connectivity index (χ0v) is 12.8. The number of carbonyl (C=O) groups excluding carboxylic acids is 1. The van der Waals surface area contributed by atoms with Gasteiger partial charge >= 0.3 is 0 Å². The Morgan fingerprint density at radius 3 is 2.60 bits per heavy atom. The van der Waals surface area contributed by atoms with Gasteiger partial charge in [-0.15, -0.1) is 11.6 Å². The number of amides is 1. The summed E-state index contributed by atoms with van der Waals surface area (Å²) in [6.07, 6.45) is 0. The summed E-state index contributed by atoms with van der Waals surface area (Å²) in [5.74, 6) is 1.00. The van der Waals surface area contributed by atoms with Gasteiger partial charge in [-0.3, -0.25) is 4.79 Å². The Bertz CT molecular complexity index is 619. The standard InChI is InChI=1S/C14H19ClN4O/c1-4-18(5-2)13(20)9-19-12(8-15)17-11-7-6-10(3)16-14(11)19/h6-7H,4-5,8-9H2,1-3H3. The van der Waals surface area contributed by atoms with Crippen LogP contribution in [0.25, 0.3) is 11.2 Å². The Kier molecular flexibility index (Phi) is 4.60. The van der Waals surface area contributed by atoms with Gasteiger partial charge in [0.15, 0.2) is 5.65 Å². The summed E-state index contributed by atoms with van der Waals surface area (Å²) < 4.78 is 1.82. The summed E-state index contributed by atoms with van der Waals surface area (Å²) >= 11 is 5.94. The molecule has 6 heteroatoms. The number of carbonyl (C=O) groups is 1. The maximum atomic E-state index is 12.3. The number of fused-ring (bicyclic) bond motifs is 1. The summed E-state index contributed by atoms with van der Waals surface area (Å²) in [6, 6.07) is 3.82. The molecule has 2 aromatic rings. The predicted molar refractivity (Wildman–Crippen MR) is 79.8 cm³/mol. The molecule has 0 fully saturated rings. The van der Waals surface area contributed by atoms with E-state index in [9.17, 15) is 4.79 Å². The summed E-state index contributed by atoms with van der Waals surface area (Å²) in [7, 11) is 0. The molecule has 0 aliphatic rings. The molecule has 2 rings (SSSR count). The first kappa shape index (κ1) is 14.8. The van der Waals surface area contributed by atoms with Gasteiger partial charge in [-0.05, 0) is 32.9 Å². The average molecular weight is 295 g/mol. The Labute approximate surface area is 123 Å². The number of hydrogen-bond donors (Lipinski definition) is 0. The van der Waals surface area contributed by atoms with Crippen LogP contribution in [-0.2, 0) is 17.2 Å². The highest BCUT2D eigenvalue weighted by Crippen LogP contribution is 2.16. The Hall–Kier alpha value is -1.62. The van der Waals surface area contributed by atoms with E-state index in [4.69, 9.17) is 11.6 Å². The molecular weight excluding hydrogens is 276 g/mol. The predicted octanol–water partition coefficient (Wildman–Crippen LogP) is 2.35. The summed E-state index contributed by atoms with van der Waals surface area (Å²) in [5, 5.41) is 0. The van der Waals surface area contributed by atoms with E-state index in [-0.39, 0.29) is 18.3 Å². The molecule has 2 heterocycles. The summed E-state index contributed by atoms with van der Waals surface area (Å²) in [6.45, 7) is 7.49. The number of imidazole rings is 1. The fourth-order valence-corrected chi connectivity index (χ4v) is 2.43. The fourth-order valence-electron chi connectivity index (χ4n) is 2.22. The lowest BCUT2D eigenvalue weighted by Crippen LogP contribution is -2.33. The second kappa shape index (κ2) is 6.22. The van der Waals surface area contributed by atoms with Gasteiger partial charge in [-0.2, -0.15) is 0 Å². The Morgan fingerprint density at radius 1 is 1.30 bits per heavy atom. The van der Waals surface area contributed by atoms with Gasteiger partial charge in [0.05, 0.1) is 5.88 Å². The zero-order valence-electron chi connectivity index (χ0n) is 12.1. The number of rotatable bonds is 5. The van der Waals surface area contributed by atoms with Gasteiger partial charge in [-0.25, -0.2) is 9.97 Å². The van der Waals surface area contributed by atoms with Crippen LogP contribution < -0.4 is 0 Å². The maximum Gasteiger partial charge on any atom is 0.242 e. The lowest BCUT2D eigenvalue weighted by atomic mass is 10.3. The number of pyridine rings is 1. The van der Waals surface area contributed by atoms with Crippen LogP contribution in [0.5, 0.6) is 0 Å². The van der Waals surface area contributed by atoms with Crippen LogP contribution in [-0.4, -0.2) is 38.4 Å². The van der Waals surface area contributed by atoms with E-state index >= 15 is 0 Å². The molecule has 0 aromatic carbocycles. The Morgan fingerprint density at radius 2 is 2.00 bits per heavy atom. The first-order valence-corrected chi connectivity index (χ1v) is 7.30. The first-order chi connectivity index (χ1) is 9.60. The van der Waals surface area contributed by atoms with Crippen LogP contribution in [0.15, 0.2) is 12.1 Å². The third-order valence-corrected chi connectivity index (χ3v) is 3.58. The topological polar surface area (TPSA) is 51.0 Å². The van der Waals surface area contributed by atoms with Crippen molar-refractivity contribution in [2.24, 2.45) is 0 Å². The normalized spacial score (nSPS) is 11.0. The summed E-state index contributed by atoms with van der Waals surface area (Å²) in [5.41, 5.74) is 2.40. The van der Waals surface area contributed by atoms with E-state index in [1.54, 1.807) is 4.90 Å². The van der Waals surface area contributed by atoms with Crippen molar-refractivity contribution in [3.05, 3.63) is 23.7 Å². The molecule has 5 nitrogen and oxygen atoms in total. The lowest BCUT2D eigenvalue weighted by molar-refractivity contribution is -0.131. The van der Waals surface area contributed by atoms with Gasteiger partial charge in [-0.1, -0.05) is 0 Å². The fraction of sp³-hybridized carbons (Fsp3) is 0.500. The molecule has 0 aliphatic heterocycles. The van der Waals surface area contributed by atoms with E-state index in [0.717, 1.165) is 16.9 Å². The molecule has 0 bridgehead atoms. The second-order valence-corrected chi connectivity index (χ2v) is 4.88. The van der Waals surface area contributed by atoms with Crippen LogP contribution in [0, 0.1) is 6.92 Å². The zero-order chi connectivity index (χ0) is 14.7. The molecule has 0 unspecified atom stereocenters. The van der Waals surface area contributed by atoms with E-state index in [2.05, 4.69) is 9.97 Å². The van der Waals surface area contributed by atoms with Gasteiger partial charge in [0, 0.05) is 18.8 Å². The third-order valence-electron chi connectivity index (χ3n) is 3.34. The second-order valence-electron chi connectivity index (χ2n) is 4.61. The Balaban J connectivity index is 2.41. The smallest absolute Gasteiger partial charge is 0.242 e. The maximum absolute atomic E-state index is 12.3. The number of alkyl halides is 1. The molecule has 0 spiro atoms. The molecule has 20 heavy (non-hydrogen) atoms. The van der Waals surface area contributed by atoms with Gasteiger partial charge < -0.3 is 9.47 Å². The van der Waals surface area contributed by atoms with Crippen molar-refractivity contribution < 1.29 is 4.79 Å². The molecule has 0 atom stereocenters. The van der Waals surface area contributed by atoms with Crippen LogP contribution in [0.2, 0.25) is 0 Å². The molecule has 0 saturated carbocycles. The molecule has 0 radical (unpaired) electrons. The number of nitrogens with zero attached hydrogens (tertiary/aromatic N) is 4. The summed E-state index contributed by atoms with van der Waals surface area (Å²) in [4.78, 5) is 23.0. The molecular formula is C14H19ClN4O. The highest BCUT2D eigenvalue weighted by Gasteiger charge is 2.17. The lowest BCUT2D eigenvalue weighted by Gasteiger charge is -2.19. The van der Waals surface area contributed by atoms with Crippen LogP contribution in [0.4, 0.5) is 0 Å². The molecule has 2 aromatic heterocycles. The SMILES string of the molecule is CCN(CC)C(=O)Cn1c(CCl)nc2ccc(C)nc21. The van der Waals surface area contributed by atoms with Crippen LogP contribution >= 0.6 is 11.6 Å². The third kappa shape index (κ3) is 2.77. The van der Waals surface area contributed by atoms with E-state index in [1.807, 2.05) is 37.5 Å². The first-order valence-electron chi connectivity index (χ1n) is 6.77. The highest BCUT2D eigenvalue weighted by atomic mass is 35.5. The van der Waals surface area contributed by atoms with Crippen LogP contribution in [0.3, 0.4) is 0 Å². The molecule has 108 valence electrons. The van der Waals surface area contributed by atoms with Crippen molar-refractivity contribution in [3.8, 4) is 0 Å². The minimum atomic E-state index is 0.0592. The quantitative estimate of drug-likeness (QED) is 0.795. The molecule has 1 amide bonds. The monoisotopic (exact) mass is 294 g/mol. The van der Waals surface area contributed by atoms with Gasteiger partial charge in [0.25, 0.3) is 0 Å². The minimum Gasteiger partial charge on any atom is -0.342 e. The van der Waals surface area contributed by atoms with Crippen molar-refractivity contribution in [2.75, 3.05) is 13.1 Å². The van der Waals surface area contributed by atoms with Crippen molar-refractivity contribution in [2.45, 2.75) is 33.2 Å². The number of likely N-dealkylation sites (N-methyl/N-ethyl adjacent to an activating group) is 1. The van der Waals surface area contributed by atoms with Crippen LogP contribution in [0.1, 0.15) is 25.4 Å². The van der Waals surface area contributed by atoms with Crippen molar-refractivity contribution in [1.82, 2.24) is 19.4 Å². The molecule has 0 saturated heterocycles. The van der Waals surface area contributed by atoms with Crippen molar-refractivity contribution in [3.63, 3.8) is 0 Å². The number of aryl methyl sites for hydroxylation is 1. The van der Waals surface area contributed by atoms with Crippen molar-refractivity contribution >= 4 is 28.7 Å². The minimum absolute atomic E-state index is 0.0592. The number of aromatic nitrogens is 3. The van der Waals surface area contributed by atoms with E-state index in [0.29, 0.717) is 18.9 Å². The van der Waals surface area contributed by atoms with E-state index in [1.165, 1.54) is 0 Å². The molecule has 0 N–H and O–H groups in total. The highest BCUT2D eigenvalue weighted by molar-refractivity contribution is 6.16. The van der Waals surface area contributed by atoms with Gasteiger partial charge in [0.2, 0.25) is 5.91 Å².